The third-order valence-corrected chi connectivity index (χ3v) is 2.78. The molecule has 0 bridgehead atoms. The number of ether oxygens (including phenoxy) is 1. The van der Waals surface area contributed by atoms with Gasteiger partial charge in [-0.05, 0) is 17.7 Å². The molecule has 0 aromatic carbocycles. The first kappa shape index (κ1) is 11.7. The Bertz CT molecular complexity index is 391. The number of nitrogens with zero attached hydrogens (tertiary/aromatic N) is 1. The van der Waals surface area contributed by atoms with Crippen LogP contribution in [0.3, 0.4) is 0 Å². The molecular weight excluding hydrogens is 222 g/mol. The van der Waals surface area contributed by atoms with E-state index in [0.29, 0.717) is 18.8 Å². The molecule has 5 nitrogen and oxygen atoms in total. The van der Waals surface area contributed by atoms with E-state index >= 15 is 0 Å². The summed E-state index contributed by atoms with van der Waals surface area (Å²) in [5, 5.41) is 18.5. The molecule has 1 unspecified atom stereocenters. The minimum absolute atomic E-state index is 0.0852. The topological polar surface area (TPSA) is 70.0 Å². The second kappa shape index (κ2) is 5.05. The lowest BCUT2D eigenvalue weighted by Crippen LogP contribution is -2.33. The Morgan fingerprint density at radius 3 is 2.82 bits per heavy atom. The van der Waals surface area contributed by atoms with Crippen molar-refractivity contribution in [2.45, 2.75) is 0 Å². The number of aliphatic hydroxyl groups is 1. The molecule has 1 saturated heterocycles. The number of hydrogen-bond acceptors (Lipinski definition) is 4. The Kier molecular flexibility index (Phi) is 3.49. The Morgan fingerprint density at radius 2 is 2.18 bits per heavy atom. The molecule has 2 rings (SSSR count). The highest BCUT2D eigenvalue weighted by atomic mass is 16.5. The molecule has 1 atom stereocenters. The van der Waals surface area contributed by atoms with Crippen molar-refractivity contribution in [1.29, 1.82) is 0 Å². The summed E-state index contributed by atoms with van der Waals surface area (Å²) in [6, 6.07) is 0. The zero-order valence-corrected chi connectivity index (χ0v) is 9.37. The quantitative estimate of drug-likeness (QED) is 0.747. The molecule has 1 aliphatic heterocycles. The third kappa shape index (κ3) is 2.88. The van der Waals surface area contributed by atoms with Crippen LogP contribution in [0.1, 0.15) is 0 Å². The van der Waals surface area contributed by atoms with Crippen LogP contribution in [0.25, 0.3) is 0 Å². The number of aliphatic hydroxyl groups excluding tert-OH is 1. The van der Waals surface area contributed by atoms with Gasteiger partial charge in [-0.1, -0.05) is 6.08 Å². The van der Waals surface area contributed by atoms with Gasteiger partial charge in [0.15, 0.2) is 0 Å². The van der Waals surface area contributed by atoms with Crippen LogP contribution in [0, 0.1) is 5.92 Å². The molecule has 0 spiro atoms. The van der Waals surface area contributed by atoms with Crippen molar-refractivity contribution in [1.82, 2.24) is 4.90 Å². The van der Waals surface area contributed by atoms with Gasteiger partial charge in [-0.3, -0.25) is 4.79 Å². The molecule has 2 N–H and O–H groups in total. The van der Waals surface area contributed by atoms with Crippen LogP contribution in [-0.2, 0) is 9.53 Å². The highest BCUT2D eigenvalue weighted by Gasteiger charge is 2.22. The van der Waals surface area contributed by atoms with Crippen molar-refractivity contribution < 1.29 is 19.7 Å². The first-order chi connectivity index (χ1) is 8.16. The molecule has 0 radical (unpaired) electrons. The molecule has 0 amide bonds. The number of allylic oxidation sites excluding steroid dienone is 2. The summed E-state index contributed by atoms with van der Waals surface area (Å²) in [5.74, 6) is -1.51. The van der Waals surface area contributed by atoms with Gasteiger partial charge in [0.2, 0.25) is 0 Å². The van der Waals surface area contributed by atoms with E-state index < -0.39 is 11.9 Å². The van der Waals surface area contributed by atoms with Crippen LogP contribution < -0.4 is 0 Å². The van der Waals surface area contributed by atoms with Crippen molar-refractivity contribution in [2.24, 2.45) is 5.92 Å². The maximum absolute atomic E-state index is 11.1. The van der Waals surface area contributed by atoms with Gasteiger partial charge in [0.1, 0.15) is 11.7 Å². The molecule has 0 aromatic heterocycles. The number of hydrogen-bond donors (Lipinski definition) is 2. The largest absolute Gasteiger partial charge is 0.508 e. The zero-order chi connectivity index (χ0) is 12.3. The fourth-order valence-corrected chi connectivity index (χ4v) is 1.87. The minimum Gasteiger partial charge on any atom is -0.508 e. The molecule has 0 saturated carbocycles. The maximum Gasteiger partial charge on any atom is 0.314 e. The number of carboxylic acids is 1. The van der Waals surface area contributed by atoms with Gasteiger partial charge in [0, 0.05) is 19.3 Å². The predicted molar refractivity (Wildman–Crippen MR) is 61.5 cm³/mol. The Hall–Kier alpha value is -1.75. The molecule has 1 fully saturated rings. The molecular formula is C12H15NO4. The maximum atomic E-state index is 11.1. The van der Waals surface area contributed by atoms with Crippen molar-refractivity contribution >= 4 is 5.97 Å². The zero-order valence-electron chi connectivity index (χ0n) is 9.37. The molecule has 17 heavy (non-hydrogen) atoms. The molecule has 92 valence electrons. The van der Waals surface area contributed by atoms with Crippen LogP contribution in [0.15, 0.2) is 35.8 Å². The lowest BCUT2D eigenvalue weighted by atomic mass is 9.94. The second-order valence-electron chi connectivity index (χ2n) is 4.02. The molecule has 2 aliphatic rings. The van der Waals surface area contributed by atoms with E-state index in [1.165, 1.54) is 18.2 Å². The van der Waals surface area contributed by atoms with Crippen molar-refractivity contribution in [2.75, 3.05) is 26.3 Å². The molecule has 0 aromatic rings. The smallest absolute Gasteiger partial charge is 0.314 e. The number of carbonyl (C=O) groups is 1. The lowest BCUT2D eigenvalue weighted by molar-refractivity contribution is -0.138. The summed E-state index contributed by atoms with van der Waals surface area (Å²) >= 11 is 0. The van der Waals surface area contributed by atoms with E-state index in [4.69, 9.17) is 9.84 Å². The predicted octanol–water partition coefficient (Wildman–Crippen LogP) is 0.915. The first-order valence-corrected chi connectivity index (χ1v) is 5.52. The van der Waals surface area contributed by atoms with Crippen LogP contribution >= 0.6 is 0 Å². The van der Waals surface area contributed by atoms with E-state index in [-0.39, 0.29) is 5.76 Å². The van der Waals surface area contributed by atoms with Gasteiger partial charge >= 0.3 is 5.97 Å². The number of aliphatic carboxylic acids is 1. The minimum atomic E-state index is -0.912. The SMILES string of the molecule is O=C(O)C1C=CC(O)=CC1=CN1CCOCC1. The summed E-state index contributed by atoms with van der Waals surface area (Å²) in [7, 11) is 0. The molecule has 1 heterocycles. The molecule has 5 heteroatoms. The van der Waals surface area contributed by atoms with Gasteiger partial charge in [-0.15, -0.1) is 0 Å². The summed E-state index contributed by atoms with van der Waals surface area (Å²) in [4.78, 5) is 13.1. The van der Waals surface area contributed by atoms with Crippen molar-refractivity contribution in [3.8, 4) is 0 Å². The summed E-state index contributed by atoms with van der Waals surface area (Å²) < 4.78 is 5.22. The van der Waals surface area contributed by atoms with Crippen molar-refractivity contribution in [3.05, 3.63) is 35.8 Å². The fraction of sp³-hybridized carbons (Fsp3) is 0.417. The Morgan fingerprint density at radius 1 is 1.47 bits per heavy atom. The Balaban J connectivity index is 2.17. The van der Waals surface area contributed by atoms with E-state index in [0.717, 1.165) is 13.1 Å². The van der Waals surface area contributed by atoms with Gasteiger partial charge in [0.05, 0.1) is 13.2 Å². The highest BCUT2D eigenvalue weighted by Crippen LogP contribution is 2.22. The fourth-order valence-electron chi connectivity index (χ4n) is 1.87. The second-order valence-corrected chi connectivity index (χ2v) is 4.02. The van der Waals surface area contributed by atoms with E-state index in [1.807, 2.05) is 4.90 Å². The third-order valence-electron chi connectivity index (χ3n) is 2.78. The number of morpholine rings is 1. The lowest BCUT2D eigenvalue weighted by Gasteiger charge is -2.27. The van der Waals surface area contributed by atoms with E-state index in [9.17, 15) is 9.90 Å². The van der Waals surface area contributed by atoms with E-state index in [1.54, 1.807) is 6.20 Å². The van der Waals surface area contributed by atoms with Crippen LogP contribution in [0.5, 0.6) is 0 Å². The first-order valence-electron chi connectivity index (χ1n) is 5.52. The van der Waals surface area contributed by atoms with Gasteiger partial charge in [0.25, 0.3) is 0 Å². The number of rotatable bonds is 2. The van der Waals surface area contributed by atoms with Crippen LogP contribution in [-0.4, -0.2) is 47.4 Å². The monoisotopic (exact) mass is 237 g/mol. The van der Waals surface area contributed by atoms with Crippen LogP contribution in [0.2, 0.25) is 0 Å². The highest BCUT2D eigenvalue weighted by molar-refractivity contribution is 5.77. The standard InChI is InChI=1S/C12H15NO4/c14-10-1-2-11(12(15)16)9(7-10)8-13-3-5-17-6-4-13/h1-2,7-8,11,14H,3-6H2,(H,15,16). The summed E-state index contributed by atoms with van der Waals surface area (Å²) in [6.07, 6.45) is 6.19. The van der Waals surface area contributed by atoms with Crippen molar-refractivity contribution in [3.63, 3.8) is 0 Å². The summed E-state index contributed by atoms with van der Waals surface area (Å²) in [5.41, 5.74) is 0.597. The van der Waals surface area contributed by atoms with Crippen LogP contribution in [0.4, 0.5) is 0 Å². The van der Waals surface area contributed by atoms with Gasteiger partial charge in [-0.2, -0.15) is 0 Å². The number of carboxylic acid groups (broad SMARTS) is 1. The average Bonchev–Trinajstić information content (AvgIpc) is 2.30. The van der Waals surface area contributed by atoms with Gasteiger partial charge < -0.3 is 19.8 Å². The molecule has 1 aliphatic carbocycles. The average molecular weight is 237 g/mol. The Labute approximate surface area is 99.3 Å². The summed E-state index contributed by atoms with van der Waals surface area (Å²) in [6.45, 7) is 2.78. The normalized spacial score (nSPS) is 27.1. The van der Waals surface area contributed by atoms with Gasteiger partial charge in [-0.25, -0.2) is 0 Å². The van der Waals surface area contributed by atoms with E-state index in [2.05, 4.69) is 0 Å².